The third-order valence-corrected chi connectivity index (χ3v) is 9.20. The Labute approximate surface area is 249 Å². The van der Waals surface area contributed by atoms with E-state index < -0.39 is 5.41 Å². The van der Waals surface area contributed by atoms with Crippen LogP contribution in [0.4, 0.5) is 0 Å². The lowest BCUT2D eigenvalue weighted by molar-refractivity contribution is 0.794. The third-order valence-electron chi connectivity index (χ3n) is 9.20. The van der Waals surface area contributed by atoms with E-state index in [2.05, 4.69) is 126 Å². The standard InChI is InChI=1S/C40H23N3/c41-24-26-22-25(20-21-42-26)37-18-9-19-38(43-37)32-23-36-39(30-13-2-1-10-27(30)32)31-14-5-8-17-35(31)40(36)33-15-6-3-11-28(33)29-12-4-7-16-34(29)40/h1-23H. The number of rotatable bonds is 2. The van der Waals surface area contributed by atoms with Gasteiger partial charge in [0.1, 0.15) is 11.8 Å². The van der Waals surface area contributed by atoms with Crippen LogP contribution in [0.25, 0.3) is 55.5 Å². The maximum absolute atomic E-state index is 9.43. The van der Waals surface area contributed by atoms with Gasteiger partial charge in [0.15, 0.2) is 0 Å². The smallest absolute Gasteiger partial charge is 0.141 e. The second kappa shape index (κ2) is 8.82. The summed E-state index contributed by atoms with van der Waals surface area (Å²) in [5.41, 5.74) is 14.1. The SMILES string of the molecule is N#Cc1cc(-c2cccc(-c3cc4c(c5ccccc35)-c3ccccc3C43c4ccccc4-c4ccccc43)n2)ccn1. The Hall–Kier alpha value is -5.85. The molecule has 2 aliphatic rings. The number of aromatic nitrogens is 2. The average Bonchev–Trinajstić information content (AvgIpc) is 3.55. The molecule has 5 aromatic carbocycles. The first-order chi connectivity index (χ1) is 21.3. The molecular weight excluding hydrogens is 522 g/mol. The first kappa shape index (κ1) is 23.8. The van der Waals surface area contributed by atoms with Gasteiger partial charge in [-0.15, -0.1) is 0 Å². The first-order valence-corrected chi connectivity index (χ1v) is 14.5. The molecule has 0 N–H and O–H groups in total. The lowest BCUT2D eigenvalue weighted by Gasteiger charge is -2.31. The van der Waals surface area contributed by atoms with Crippen molar-refractivity contribution in [3.05, 3.63) is 168 Å². The van der Waals surface area contributed by atoms with Crippen LogP contribution in [0.2, 0.25) is 0 Å². The molecule has 0 unspecified atom stereocenters. The number of hydrogen-bond donors (Lipinski definition) is 0. The van der Waals surface area contributed by atoms with Gasteiger partial charge < -0.3 is 0 Å². The Bertz CT molecular complexity index is 2280. The number of pyridine rings is 2. The topological polar surface area (TPSA) is 49.6 Å². The molecule has 2 aliphatic carbocycles. The van der Waals surface area contributed by atoms with E-state index in [0.29, 0.717) is 5.69 Å². The van der Waals surface area contributed by atoms with Crippen LogP contribution in [-0.2, 0) is 5.41 Å². The molecule has 2 aromatic heterocycles. The molecule has 0 radical (unpaired) electrons. The second-order valence-electron chi connectivity index (χ2n) is 11.2. The van der Waals surface area contributed by atoms with Crippen LogP contribution >= 0.6 is 0 Å². The molecule has 1 spiro atoms. The van der Waals surface area contributed by atoms with Crippen LogP contribution in [0.1, 0.15) is 27.9 Å². The van der Waals surface area contributed by atoms with Crippen molar-refractivity contribution in [2.24, 2.45) is 0 Å². The maximum Gasteiger partial charge on any atom is 0.141 e. The van der Waals surface area contributed by atoms with E-state index >= 15 is 0 Å². The zero-order valence-corrected chi connectivity index (χ0v) is 23.1. The summed E-state index contributed by atoms with van der Waals surface area (Å²) in [5, 5.41) is 11.8. The minimum atomic E-state index is -0.428. The molecule has 3 nitrogen and oxygen atoms in total. The minimum Gasteiger partial charge on any atom is -0.248 e. The molecule has 198 valence electrons. The average molecular weight is 546 g/mol. The zero-order chi connectivity index (χ0) is 28.5. The van der Waals surface area contributed by atoms with Gasteiger partial charge in [0, 0.05) is 17.3 Å². The van der Waals surface area contributed by atoms with Crippen molar-refractivity contribution in [2.75, 3.05) is 0 Å². The summed E-state index contributed by atoms with van der Waals surface area (Å²) in [6.45, 7) is 0. The quantitative estimate of drug-likeness (QED) is 0.218. The van der Waals surface area contributed by atoms with Gasteiger partial charge in [0.2, 0.25) is 0 Å². The summed E-state index contributed by atoms with van der Waals surface area (Å²) < 4.78 is 0. The maximum atomic E-state index is 9.43. The molecule has 0 amide bonds. The summed E-state index contributed by atoms with van der Waals surface area (Å²) >= 11 is 0. The van der Waals surface area contributed by atoms with Gasteiger partial charge in [-0.3, -0.25) is 0 Å². The number of fused-ring (bicyclic) bond motifs is 12. The Morgan fingerprint density at radius 1 is 0.512 bits per heavy atom. The lowest BCUT2D eigenvalue weighted by Crippen LogP contribution is -2.25. The molecule has 0 aliphatic heterocycles. The number of benzene rings is 5. The van der Waals surface area contributed by atoms with E-state index in [-0.39, 0.29) is 0 Å². The van der Waals surface area contributed by atoms with E-state index in [1.807, 2.05) is 12.1 Å². The summed E-state index contributed by atoms with van der Waals surface area (Å²) in [4.78, 5) is 9.33. The van der Waals surface area contributed by atoms with Crippen molar-refractivity contribution >= 4 is 10.8 Å². The highest BCUT2D eigenvalue weighted by Gasteiger charge is 2.52. The van der Waals surface area contributed by atoms with Crippen molar-refractivity contribution in [2.45, 2.75) is 5.41 Å². The van der Waals surface area contributed by atoms with E-state index in [1.165, 1.54) is 55.3 Å². The highest BCUT2D eigenvalue weighted by atomic mass is 14.7. The van der Waals surface area contributed by atoms with Gasteiger partial charge in [0.05, 0.1) is 16.8 Å². The Kier molecular flexibility index (Phi) is 4.89. The highest BCUT2D eigenvalue weighted by molar-refractivity contribution is 6.11. The highest BCUT2D eigenvalue weighted by Crippen LogP contribution is 2.64. The molecule has 0 saturated heterocycles. The molecule has 0 atom stereocenters. The lowest BCUT2D eigenvalue weighted by atomic mass is 9.70. The zero-order valence-electron chi connectivity index (χ0n) is 23.1. The summed E-state index contributed by atoms with van der Waals surface area (Å²) in [7, 11) is 0. The van der Waals surface area contributed by atoms with Crippen LogP contribution in [0.3, 0.4) is 0 Å². The second-order valence-corrected chi connectivity index (χ2v) is 11.2. The van der Waals surface area contributed by atoms with E-state index in [1.54, 1.807) is 12.3 Å². The van der Waals surface area contributed by atoms with Crippen LogP contribution in [-0.4, -0.2) is 9.97 Å². The van der Waals surface area contributed by atoms with Crippen molar-refractivity contribution in [3.8, 4) is 50.8 Å². The molecule has 43 heavy (non-hydrogen) atoms. The Balaban J connectivity index is 1.40. The number of nitrogens with zero attached hydrogens (tertiary/aromatic N) is 3. The van der Waals surface area contributed by atoms with Gasteiger partial charge in [-0.05, 0) is 85.6 Å². The molecule has 9 rings (SSSR count). The number of nitriles is 1. The molecule has 0 saturated carbocycles. The largest absolute Gasteiger partial charge is 0.248 e. The van der Waals surface area contributed by atoms with Gasteiger partial charge in [-0.25, -0.2) is 9.97 Å². The normalized spacial score (nSPS) is 13.3. The summed E-state index contributed by atoms with van der Waals surface area (Å²) in [5.74, 6) is 0. The van der Waals surface area contributed by atoms with E-state index in [9.17, 15) is 5.26 Å². The molecular formula is C40H23N3. The molecule has 2 heterocycles. The van der Waals surface area contributed by atoms with Gasteiger partial charge in [-0.2, -0.15) is 5.26 Å². The summed E-state index contributed by atoms with van der Waals surface area (Å²) in [6, 6.07) is 49.8. The van der Waals surface area contributed by atoms with Crippen LogP contribution in [0, 0.1) is 11.3 Å². The predicted molar refractivity (Wildman–Crippen MR) is 171 cm³/mol. The van der Waals surface area contributed by atoms with Gasteiger partial charge in [-0.1, -0.05) is 103 Å². The molecule has 3 heteroatoms. The fraction of sp³-hybridized carbons (Fsp3) is 0.0250. The first-order valence-electron chi connectivity index (χ1n) is 14.5. The fourth-order valence-corrected chi connectivity index (χ4v) is 7.56. The van der Waals surface area contributed by atoms with E-state index in [4.69, 9.17) is 4.98 Å². The van der Waals surface area contributed by atoms with Crippen LogP contribution < -0.4 is 0 Å². The summed E-state index contributed by atoms with van der Waals surface area (Å²) in [6.07, 6.45) is 1.67. The third kappa shape index (κ3) is 3.13. The predicted octanol–water partition coefficient (Wildman–Crippen LogP) is 9.18. The molecule has 0 fully saturated rings. The molecule has 0 bridgehead atoms. The minimum absolute atomic E-state index is 0.381. The Morgan fingerprint density at radius 2 is 1.12 bits per heavy atom. The van der Waals surface area contributed by atoms with Crippen molar-refractivity contribution < 1.29 is 0 Å². The van der Waals surface area contributed by atoms with Crippen LogP contribution in [0.15, 0.2) is 140 Å². The van der Waals surface area contributed by atoms with Crippen molar-refractivity contribution in [3.63, 3.8) is 0 Å². The van der Waals surface area contributed by atoms with E-state index in [0.717, 1.165) is 22.5 Å². The van der Waals surface area contributed by atoms with Gasteiger partial charge >= 0.3 is 0 Å². The van der Waals surface area contributed by atoms with Gasteiger partial charge in [0.25, 0.3) is 0 Å². The fourth-order valence-electron chi connectivity index (χ4n) is 7.56. The Morgan fingerprint density at radius 3 is 1.84 bits per heavy atom. The molecule has 7 aromatic rings. The van der Waals surface area contributed by atoms with Crippen molar-refractivity contribution in [1.82, 2.24) is 9.97 Å². The van der Waals surface area contributed by atoms with Crippen LogP contribution in [0.5, 0.6) is 0 Å². The monoisotopic (exact) mass is 545 g/mol. The van der Waals surface area contributed by atoms with Crippen molar-refractivity contribution in [1.29, 1.82) is 5.26 Å². The number of hydrogen-bond acceptors (Lipinski definition) is 3.